The number of hydrogen-bond donors (Lipinski definition) is 0. The van der Waals surface area contributed by atoms with Crippen LogP contribution in [0.25, 0.3) is 0 Å². The normalized spacial score (nSPS) is 8.21. The highest BCUT2D eigenvalue weighted by molar-refractivity contribution is 5.87. The molecule has 0 saturated carbocycles. The lowest BCUT2D eigenvalue weighted by Crippen LogP contribution is -2.30. The van der Waals surface area contributed by atoms with Crippen LogP contribution in [-0.2, 0) is 71.9 Å². The standard InChI is InChI=1S/C28H42O15.2C2H4.10CH4/c1-7-25(29)42-40-19-24(20-41-43-26(30)8-2)37-14-10-33-9-13-36-23(17-34-11-15-38-27(31)21(3)4)18-35-12-16-39-28(32)22(5)6;2*1-2;;;;;;;;;;/h7-8,23-24H,1-3,5,9-20H2,4,6H3;2*1-2H2;10*1H4. The van der Waals surface area contributed by atoms with Crippen LogP contribution in [0.4, 0.5) is 0 Å². The van der Waals surface area contributed by atoms with Gasteiger partial charge in [0, 0.05) is 23.3 Å². The number of carbonyl (C=O) groups excluding carboxylic acids is 4. The number of esters is 2. The molecule has 0 aromatic carbocycles. The molecule has 0 saturated heterocycles. The third-order valence-corrected chi connectivity index (χ3v) is 4.51. The first kappa shape index (κ1) is 89.6. The summed E-state index contributed by atoms with van der Waals surface area (Å²) in [5.41, 5.74) is 0.570. The van der Waals surface area contributed by atoms with E-state index in [1.807, 2.05) is 0 Å². The van der Waals surface area contributed by atoms with E-state index in [9.17, 15) is 19.2 Å². The molecule has 0 spiro atoms. The van der Waals surface area contributed by atoms with Crippen molar-refractivity contribution >= 4 is 23.9 Å². The van der Waals surface area contributed by atoms with Crippen LogP contribution in [0, 0.1) is 0 Å². The summed E-state index contributed by atoms with van der Waals surface area (Å²) in [5.74, 6) is -2.62. The summed E-state index contributed by atoms with van der Waals surface area (Å²) in [6, 6.07) is 0. The predicted molar refractivity (Wildman–Crippen MR) is 238 cm³/mol. The SMILES string of the molecule is C.C.C.C.C.C.C.C.C.C.C=C.C=C.C=CC(=O)OOCC(COOC(=O)C=C)OCCOCCOC(COCCOC(=O)C(=C)C)COCCOC(=O)C(=C)C. The maximum atomic E-state index is 11.4. The summed E-state index contributed by atoms with van der Waals surface area (Å²) in [5, 5.41) is 0. The molecule has 0 amide bonds. The number of rotatable bonds is 28. The summed E-state index contributed by atoms with van der Waals surface area (Å²) < 4.78 is 37.8. The van der Waals surface area contributed by atoms with Gasteiger partial charge in [-0.25, -0.2) is 19.2 Å². The van der Waals surface area contributed by atoms with Crippen molar-refractivity contribution in [3.05, 3.63) is 75.9 Å². The van der Waals surface area contributed by atoms with Gasteiger partial charge in [0.05, 0.1) is 52.9 Å². The monoisotopic (exact) mass is 835 g/mol. The van der Waals surface area contributed by atoms with Gasteiger partial charge in [-0.2, -0.15) is 9.78 Å². The Bertz CT molecular complexity index is 859. The van der Waals surface area contributed by atoms with Crippen molar-refractivity contribution < 1.29 is 71.9 Å². The third kappa shape index (κ3) is 61.5. The molecule has 0 bridgehead atoms. The topological polar surface area (TPSA) is 170 Å². The van der Waals surface area contributed by atoms with Crippen molar-refractivity contribution in [1.29, 1.82) is 0 Å². The number of hydrogen-bond acceptors (Lipinski definition) is 15. The highest BCUT2D eigenvalue weighted by atomic mass is 17.2. The van der Waals surface area contributed by atoms with Crippen LogP contribution in [-0.4, -0.2) is 115 Å². The van der Waals surface area contributed by atoms with Crippen LogP contribution in [0.5, 0.6) is 0 Å². The highest BCUT2D eigenvalue weighted by Crippen LogP contribution is 2.01. The summed E-state index contributed by atoms with van der Waals surface area (Å²) in [7, 11) is 0. The summed E-state index contributed by atoms with van der Waals surface area (Å²) >= 11 is 0. The van der Waals surface area contributed by atoms with Crippen molar-refractivity contribution in [1.82, 2.24) is 0 Å². The van der Waals surface area contributed by atoms with Crippen molar-refractivity contribution in [3.63, 3.8) is 0 Å². The Labute approximate surface area is 350 Å². The molecule has 348 valence electrons. The molecule has 0 radical (unpaired) electrons. The van der Waals surface area contributed by atoms with Gasteiger partial charge in [0.2, 0.25) is 0 Å². The van der Waals surface area contributed by atoms with E-state index >= 15 is 0 Å². The van der Waals surface area contributed by atoms with Crippen LogP contribution in [0.1, 0.15) is 88.1 Å². The first-order valence-corrected chi connectivity index (χ1v) is 14.1. The molecule has 15 nitrogen and oxygen atoms in total. The second-order valence-corrected chi connectivity index (χ2v) is 8.36. The van der Waals surface area contributed by atoms with E-state index in [-0.39, 0.29) is 165 Å². The lowest BCUT2D eigenvalue weighted by molar-refractivity contribution is -0.305. The van der Waals surface area contributed by atoms with Gasteiger partial charge in [0.15, 0.2) is 0 Å². The quantitative estimate of drug-likeness (QED) is 0.0182. The second kappa shape index (κ2) is 66.8. The molecule has 15 heteroatoms. The summed E-state index contributed by atoms with van der Waals surface area (Å²) in [6.07, 6.45) is 0.558. The fourth-order valence-electron chi connectivity index (χ4n) is 2.40. The lowest BCUT2D eigenvalue weighted by Gasteiger charge is -2.19. The Kier molecular flexibility index (Phi) is 105. The van der Waals surface area contributed by atoms with Crippen molar-refractivity contribution in [2.45, 2.75) is 100 Å². The minimum Gasteiger partial charge on any atom is -0.460 e. The zero-order valence-corrected chi connectivity index (χ0v) is 27.6. The van der Waals surface area contributed by atoms with Crippen LogP contribution < -0.4 is 0 Å². The minimum atomic E-state index is -0.799. The van der Waals surface area contributed by atoms with Gasteiger partial charge in [-0.05, 0) is 13.8 Å². The molecular weight excluding hydrogens is 744 g/mol. The molecule has 0 aromatic rings. The van der Waals surface area contributed by atoms with Gasteiger partial charge >= 0.3 is 23.9 Å². The minimum absolute atomic E-state index is 0. The van der Waals surface area contributed by atoms with Crippen LogP contribution in [0.3, 0.4) is 0 Å². The van der Waals surface area contributed by atoms with Crippen LogP contribution in [0.2, 0.25) is 0 Å². The Morgan fingerprint density at radius 1 is 0.456 bits per heavy atom. The Morgan fingerprint density at radius 2 is 0.737 bits per heavy atom. The third-order valence-electron chi connectivity index (χ3n) is 4.51. The molecule has 0 unspecified atom stereocenters. The maximum absolute atomic E-state index is 11.4. The van der Waals surface area contributed by atoms with Gasteiger partial charge in [0.25, 0.3) is 0 Å². The largest absolute Gasteiger partial charge is 0.460 e. The molecule has 0 N–H and O–H groups in total. The predicted octanol–water partition coefficient (Wildman–Crippen LogP) is 9.33. The van der Waals surface area contributed by atoms with Crippen molar-refractivity contribution in [2.75, 3.05) is 79.3 Å². The molecule has 57 heavy (non-hydrogen) atoms. The van der Waals surface area contributed by atoms with E-state index in [2.05, 4.69) is 62.4 Å². The highest BCUT2D eigenvalue weighted by Gasteiger charge is 2.15. The van der Waals surface area contributed by atoms with Gasteiger partial charge in [-0.1, -0.05) is 101 Å². The van der Waals surface area contributed by atoms with Gasteiger partial charge in [-0.3, -0.25) is 9.78 Å². The zero-order valence-electron chi connectivity index (χ0n) is 27.6. The van der Waals surface area contributed by atoms with Gasteiger partial charge < -0.3 is 33.2 Å². The summed E-state index contributed by atoms with van der Waals surface area (Å²) in [4.78, 5) is 63.5. The molecule has 0 aliphatic carbocycles. The van der Waals surface area contributed by atoms with E-state index in [4.69, 9.17) is 42.9 Å². The molecule has 0 rings (SSSR count). The smallest absolute Gasteiger partial charge is 0.365 e. The first-order chi connectivity index (χ1) is 22.6. The van der Waals surface area contributed by atoms with Crippen molar-refractivity contribution in [3.8, 4) is 0 Å². The summed E-state index contributed by atoms with van der Waals surface area (Å²) in [6.45, 7) is 29.4. The average Bonchev–Trinajstić information content (AvgIpc) is 3.07. The Morgan fingerprint density at radius 3 is 1.02 bits per heavy atom. The van der Waals surface area contributed by atoms with Gasteiger partial charge in [0.1, 0.15) is 38.6 Å². The zero-order chi connectivity index (χ0) is 36.3. The van der Waals surface area contributed by atoms with E-state index in [0.717, 1.165) is 12.2 Å². The second-order valence-electron chi connectivity index (χ2n) is 8.36. The molecule has 0 fully saturated rings. The molecular formula is C42H90O15. The number of ether oxygens (including phenoxy) is 7. The first-order valence-electron chi connectivity index (χ1n) is 14.1. The van der Waals surface area contributed by atoms with Crippen LogP contribution in [0.15, 0.2) is 75.9 Å². The molecule has 0 aliphatic heterocycles. The maximum Gasteiger partial charge on any atom is 0.365 e. The van der Waals surface area contributed by atoms with E-state index < -0.39 is 36.1 Å². The molecule has 0 aromatic heterocycles. The van der Waals surface area contributed by atoms with Crippen LogP contribution >= 0.6 is 0 Å². The fraction of sp³-hybridized carbons (Fsp3) is 0.619. The molecule has 0 heterocycles. The molecule has 0 atom stereocenters. The number of carbonyl (C=O) groups is 4. The van der Waals surface area contributed by atoms with E-state index in [1.54, 1.807) is 13.8 Å². The van der Waals surface area contributed by atoms with Gasteiger partial charge in [-0.15, -0.1) is 26.3 Å². The lowest BCUT2D eigenvalue weighted by atomic mass is 10.4. The molecule has 0 aliphatic rings. The fourth-order valence-corrected chi connectivity index (χ4v) is 2.40. The average molecular weight is 835 g/mol. The van der Waals surface area contributed by atoms with E-state index in [0.29, 0.717) is 0 Å². The Balaban J connectivity index is -0.000000121. The van der Waals surface area contributed by atoms with Crippen molar-refractivity contribution in [2.24, 2.45) is 0 Å². The van der Waals surface area contributed by atoms with E-state index in [1.165, 1.54) is 0 Å². The Hall–Kier alpha value is -3.96.